The van der Waals surface area contributed by atoms with Crippen molar-refractivity contribution in [1.29, 1.82) is 0 Å². The molecule has 108 valence electrons. The van der Waals surface area contributed by atoms with E-state index in [4.69, 9.17) is 6.42 Å². The minimum atomic E-state index is -4.90. The van der Waals surface area contributed by atoms with Gasteiger partial charge in [-0.05, 0) is 24.1 Å². The average molecular weight is 284 g/mol. The molecule has 1 aromatic carbocycles. The number of carbonyl (C=O) groups excluding carboxylic acids is 1. The summed E-state index contributed by atoms with van der Waals surface area (Å²) in [5.41, 5.74) is 0.832. The fourth-order valence-electron chi connectivity index (χ4n) is 1.52. The van der Waals surface area contributed by atoms with E-state index >= 15 is 0 Å². The maximum absolute atomic E-state index is 12.1. The second kappa shape index (κ2) is 6.96. The lowest BCUT2D eigenvalue weighted by molar-refractivity contribution is -0.167. The number of nitrogens with one attached hydrogen (secondary N) is 2. The molecule has 1 atom stereocenters. The quantitative estimate of drug-likeness (QED) is 0.816. The summed E-state index contributed by atoms with van der Waals surface area (Å²) in [6, 6.07) is 6.08. The van der Waals surface area contributed by atoms with E-state index in [0.29, 0.717) is 6.54 Å². The molecule has 0 aliphatic heterocycles. The summed E-state index contributed by atoms with van der Waals surface area (Å²) in [5.74, 6) is 0.571. The van der Waals surface area contributed by atoms with Gasteiger partial charge in [-0.25, -0.2) is 0 Å². The molecule has 0 saturated heterocycles. The highest BCUT2D eigenvalue weighted by Crippen LogP contribution is 2.18. The average Bonchev–Trinajstić information content (AvgIpc) is 2.39. The van der Waals surface area contributed by atoms with Gasteiger partial charge in [0.15, 0.2) is 0 Å². The van der Waals surface area contributed by atoms with Crippen molar-refractivity contribution >= 4 is 11.6 Å². The van der Waals surface area contributed by atoms with Crippen LogP contribution in [0.1, 0.15) is 18.9 Å². The number of carbonyl (C=O) groups is 1. The molecular formula is C14H15F3N2O. The predicted octanol–water partition coefficient (Wildman–Crippen LogP) is 2.69. The highest BCUT2D eigenvalue weighted by Gasteiger charge is 2.38. The Morgan fingerprint density at radius 1 is 1.45 bits per heavy atom. The predicted molar refractivity (Wildman–Crippen MR) is 70.9 cm³/mol. The summed E-state index contributed by atoms with van der Waals surface area (Å²) in [7, 11) is 0. The van der Waals surface area contributed by atoms with Gasteiger partial charge in [0.1, 0.15) is 0 Å². The van der Waals surface area contributed by atoms with Crippen molar-refractivity contribution in [3.63, 3.8) is 0 Å². The Labute approximate surface area is 115 Å². The lowest BCUT2D eigenvalue weighted by atomic mass is 10.1. The van der Waals surface area contributed by atoms with Crippen LogP contribution in [0.2, 0.25) is 0 Å². The van der Waals surface area contributed by atoms with Crippen molar-refractivity contribution in [2.45, 2.75) is 32.1 Å². The Hall–Kier alpha value is -2.00. The SMILES string of the molecule is C#CC(CC)NCc1cccc(NC(=O)C(F)(F)F)c1. The summed E-state index contributed by atoms with van der Waals surface area (Å²) in [6.45, 7) is 2.34. The minimum absolute atomic E-state index is 0.0941. The summed E-state index contributed by atoms with van der Waals surface area (Å²) in [4.78, 5) is 10.8. The van der Waals surface area contributed by atoms with Gasteiger partial charge in [0.05, 0.1) is 6.04 Å². The molecule has 0 aromatic heterocycles. The van der Waals surface area contributed by atoms with Crippen LogP contribution in [0.15, 0.2) is 24.3 Å². The van der Waals surface area contributed by atoms with Crippen LogP contribution >= 0.6 is 0 Å². The van der Waals surface area contributed by atoms with E-state index in [1.165, 1.54) is 12.1 Å². The molecule has 20 heavy (non-hydrogen) atoms. The van der Waals surface area contributed by atoms with Crippen LogP contribution in [0.25, 0.3) is 0 Å². The summed E-state index contributed by atoms with van der Waals surface area (Å²) >= 11 is 0. The topological polar surface area (TPSA) is 41.1 Å². The normalized spacial score (nSPS) is 12.6. The number of halogens is 3. The van der Waals surface area contributed by atoms with Crippen molar-refractivity contribution < 1.29 is 18.0 Å². The summed E-state index contributed by atoms with van der Waals surface area (Å²) < 4.78 is 36.4. The number of hydrogen-bond donors (Lipinski definition) is 2. The lowest BCUT2D eigenvalue weighted by Gasteiger charge is -2.12. The van der Waals surface area contributed by atoms with E-state index in [1.54, 1.807) is 17.4 Å². The summed E-state index contributed by atoms with van der Waals surface area (Å²) in [5, 5.41) is 4.88. The third kappa shape index (κ3) is 4.94. The Balaban J connectivity index is 2.67. The van der Waals surface area contributed by atoms with Crippen LogP contribution in [0.5, 0.6) is 0 Å². The van der Waals surface area contributed by atoms with Crippen LogP contribution in [-0.4, -0.2) is 18.1 Å². The van der Waals surface area contributed by atoms with Gasteiger partial charge in [-0.15, -0.1) is 6.42 Å². The van der Waals surface area contributed by atoms with Crippen LogP contribution < -0.4 is 10.6 Å². The molecule has 0 bridgehead atoms. The van der Waals surface area contributed by atoms with Gasteiger partial charge >= 0.3 is 12.1 Å². The zero-order valence-electron chi connectivity index (χ0n) is 10.9. The number of anilines is 1. The minimum Gasteiger partial charge on any atom is -0.318 e. The molecule has 3 nitrogen and oxygen atoms in total. The van der Waals surface area contributed by atoms with E-state index in [-0.39, 0.29) is 11.7 Å². The molecular weight excluding hydrogens is 269 g/mol. The molecule has 0 fully saturated rings. The number of terminal acetylenes is 1. The zero-order chi connectivity index (χ0) is 15.2. The van der Waals surface area contributed by atoms with Crippen molar-refractivity contribution in [3.05, 3.63) is 29.8 Å². The number of amides is 1. The highest BCUT2D eigenvalue weighted by molar-refractivity contribution is 5.94. The Kier molecular flexibility index (Phi) is 5.59. The van der Waals surface area contributed by atoms with Gasteiger partial charge in [-0.1, -0.05) is 25.0 Å². The smallest absolute Gasteiger partial charge is 0.318 e. The van der Waals surface area contributed by atoms with Gasteiger partial charge in [0.2, 0.25) is 0 Å². The first-order chi connectivity index (χ1) is 9.36. The second-order valence-electron chi connectivity index (χ2n) is 4.16. The Bertz CT molecular complexity index is 506. The van der Waals surface area contributed by atoms with Gasteiger partial charge in [-0.2, -0.15) is 13.2 Å². The van der Waals surface area contributed by atoms with Crippen molar-refractivity contribution in [3.8, 4) is 12.3 Å². The molecule has 0 spiro atoms. The first-order valence-electron chi connectivity index (χ1n) is 6.03. The van der Waals surface area contributed by atoms with E-state index in [2.05, 4.69) is 11.2 Å². The fraction of sp³-hybridized carbons (Fsp3) is 0.357. The van der Waals surface area contributed by atoms with Gasteiger partial charge in [-0.3, -0.25) is 10.1 Å². The number of rotatable bonds is 5. The zero-order valence-corrected chi connectivity index (χ0v) is 10.9. The third-order valence-corrected chi connectivity index (χ3v) is 2.60. The van der Waals surface area contributed by atoms with E-state index in [9.17, 15) is 18.0 Å². The standard InChI is InChI=1S/C14H15F3N2O/c1-3-11(4-2)18-9-10-6-5-7-12(8-10)19-13(20)14(15,16)17/h1,5-8,11,18H,4,9H2,2H3,(H,19,20). The second-order valence-corrected chi connectivity index (χ2v) is 4.16. The fourth-order valence-corrected chi connectivity index (χ4v) is 1.52. The van der Waals surface area contributed by atoms with E-state index in [1.807, 2.05) is 6.92 Å². The van der Waals surface area contributed by atoms with E-state index in [0.717, 1.165) is 12.0 Å². The van der Waals surface area contributed by atoms with Crippen molar-refractivity contribution in [2.24, 2.45) is 0 Å². The first-order valence-corrected chi connectivity index (χ1v) is 6.03. The molecule has 6 heteroatoms. The maximum atomic E-state index is 12.1. The molecule has 1 amide bonds. The monoisotopic (exact) mass is 284 g/mol. The van der Waals surface area contributed by atoms with Crippen LogP contribution in [0.3, 0.4) is 0 Å². The molecule has 0 heterocycles. The largest absolute Gasteiger partial charge is 0.471 e. The van der Waals surface area contributed by atoms with Crippen LogP contribution in [0, 0.1) is 12.3 Å². The van der Waals surface area contributed by atoms with Crippen molar-refractivity contribution in [2.75, 3.05) is 5.32 Å². The molecule has 0 aliphatic rings. The Morgan fingerprint density at radius 2 is 2.15 bits per heavy atom. The van der Waals surface area contributed by atoms with E-state index < -0.39 is 12.1 Å². The number of benzene rings is 1. The third-order valence-electron chi connectivity index (χ3n) is 2.60. The lowest BCUT2D eigenvalue weighted by Crippen LogP contribution is -2.30. The Morgan fingerprint density at radius 3 is 2.70 bits per heavy atom. The molecule has 1 rings (SSSR count). The molecule has 0 radical (unpaired) electrons. The van der Waals surface area contributed by atoms with Crippen LogP contribution in [0.4, 0.5) is 18.9 Å². The van der Waals surface area contributed by atoms with Crippen molar-refractivity contribution in [1.82, 2.24) is 5.32 Å². The molecule has 1 aromatic rings. The maximum Gasteiger partial charge on any atom is 0.471 e. The van der Waals surface area contributed by atoms with Crippen LogP contribution in [-0.2, 0) is 11.3 Å². The van der Waals surface area contributed by atoms with Gasteiger partial charge < -0.3 is 5.32 Å². The van der Waals surface area contributed by atoms with Gasteiger partial charge in [0.25, 0.3) is 0 Å². The summed E-state index contributed by atoms with van der Waals surface area (Å²) in [6.07, 6.45) is 1.15. The first kappa shape index (κ1) is 16.1. The molecule has 1 unspecified atom stereocenters. The molecule has 2 N–H and O–H groups in total. The number of alkyl halides is 3. The highest BCUT2D eigenvalue weighted by atomic mass is 19.4. The molecule has 0 saturated carbocycles. The molecule has 0 aliphatic carbocycles. The van der Waals surface area contributed by atoms with Gasteiger partial charge in [0, 0.05) is 12.2 Å². The number of hydrogen-bond acceptors (Lipinski definition) is 2.